The van der Waals surface area contributed by atoms with E-state index < -0.39 is 0 Å². The summed E-state index contributed by atoms with van der Waals surface area (Å²) in [4.78, 5) is 0. The van der Waals surface area contributed by atoms with E-state index in [0.717, 1.165) is 13.2 Å². The maximum absolute atomic E-state index is 5.17. The van der Waals surface area contributed by atoms with Crippen LogP contribution in [0, 0.1) is 0 Å². The molecule has 0 aromatic heterocycles. The zero-order valence-electron chi connectivity index (χ0n) is 5.26. The first kappa shape index (κ1) is 7.88. The van der Waals surface area contributed by atoms with E-state index in [9.17, 15) is 0 Å². The van der Waals surface area contributed by atoms with Crippen molar-refractivity contribution in [1.82, 2.24) is 0 Å². The summed E-state index contributed by atoms with van der Waals surface area (Å²) in [5.74, 6) is 0. The van der Waals surface area contributed by atoms with Gasteiger partial charge in [0.1, 0.15) is 0 Å². The van der Waals surface area contributed by atoms with Crippen LogP contribution in [0.5, 0.6) is 0 Å². The molecule has 0 aliphatic carbocycles. The maximum Gasteiger partial charge on any atom is 0.0701 e. The molecule has 3 heteroatoms. The first-order valence-corrected chi connectivity index (χ1v) is 2.80. The Bertz CT molecular complexity index is 42.9. The third-order valence-corrected chi connectivity index (χ3v) is 0.576. The van der Waals surface area contributed by atoms with Gasteiger partial charge in [0, 0.05) is 12.6 Å². The van der Waals surface area contributed by atoms with Gasteiger partial charge in [-0.15, -0.1) is 0 Å². The highest BCUT2D eigenvalue weighted by molar-refractivity contribution is 4.48. The minimum Gasteiger partial charge on any atom is -0.377 e. The van der Waals surface area contributed by atoms with Crippen molar-refractivity contribution in [3.8, 4) is 0 Å². The van der Waals surface area contributed by atoms with Crippen molar-refractivity contribution in [2.45, 2.75) is 13.0 Å². The van der Waals surface area contributed by atoms with Crippen molar-refractivity contribution in [2.75, 3.05) is 19.8 Å². The van der Waals surface area contributed by atoms with Crippen LogP contribution >= 0.6 is 0 Å². The second-order valence-electron chi connectivity index (χ2n) is 1.83. The van der Waals surface area contributed by atoms with Crippen LogP contribution in [-0.2, 0) is 4.74 Å². The summed E-state index contributed by atoms with van der Waals surface area (Å²) in [6.45, 7) is 4.46. The molecule has 0 radical (unpaired) electrons. The highest BCUT2D eigenvalue weighted by Gasteiger charge is 1.94. The lowest BCUT2D eigenvalue weighted by atomic mass is 10.4. The Kier molecular flexibility index (Phi) is 4.95. The lowest BCUT2D eigenvalue weighted by Gasteiger charge is -1.92. The summed E-state index contributed by atoms with van der Waals surface area (Å²) in [6.07, 6.45) is 0. The average molecular weight is 118 g/mol. The molecule has 0 bridgehead atoms. The van der Waals surface area contributed by atoms with Crippen LogP contribution in [0.2, 0.25) is 0 Å². The van der Waals surface area contributed by atoms with Gasteiger partial charge in [-0.3, -0.25) is 0 Å². The molecular formula is C5H14N2O. The number of rotatable bonds is 1. The Balaban J connectivity index is 0.000000135. The molecule has 1 unspecified atom stereocenters. The predicted molar refractivity (Wildman–Crippen MR) is 33.5 cm³/mol. The molecule has 1 aliphatic heterocycles. The molecule has 1 rings (SSSR count). The maximum atomic E-state index is 5.17. The Labute approximate surface area is 50.0 Å². The largest absolute Gasteiger partial charge is 0.377 e. The van der Waals surface area contributed by atoms with Crippen LogP contribution in [0.4, 0.5) is 0 Å². The second kappa shape index (κ2) is 5.03. The van der Waals surface area contributed by atoms with E-state index in [1.807, 2.05) is 6.92 Å². The zero-order chi connectivity index (χ0) is 6.41. The number of hydrogen-bond acceptors (Lipinski definition) is 3. The molecular weight excluding hydrogens is 104 g/mol. The van der Waals surface area contributed by atoms with Crippen molar-refractivity contribution >= 4 is 0 Å². The molecule has 3 nitrogen and oxygen atoms in total. The van der Waals surface area contributed by atoms with Gasteiger partial charge in [-0.1, -0.05) is 0 Å². The molecule has 0 aromatic carbocycles. The summed E-state index contributed by atoms with van der Waals surface area (Å²) < 4.78 is 4.50. The Morgan fingerprint density at radius 3 is 1.88 bits per heavy atom. The van der Waals surface area contributed by atoms with Gasteiger partial charge in [0.25, 0.3) is 0 Å². The molecule has 0 saturated carbocycles. The van der Waals surface area contributed by atoms with Crippen molar-refractivity contribution in [2.24, 2.45) is 11.5 Å². The Hall–Kier alpha value is -0.120. The molecule has 50 valence electrons. The van der Waals surface area contributed by atoms with E-state index >= 15 is 0 Å². The van der Waals surface area contributed by atoms with E-state index in [0.29, 0.717) is 6.54 Å². The average Bonchev–Trinajstić information content (AvgIpc) is 2.48. The van der Waals surface area contributed by atoms with Gasteiger partial charge in [-0.25, -0.2) is 0 Å². The number of ether oxygens (including phenoxy) is 1. The first-order chi connectivity index (χ1) is 3.77. The Morgan fingerprint density at radius 2 is 1.88 bits per heavy atom. The van der Waals surface area contributed by atoms with E-state index in [2.05, 4.69) is 4.74 Å². The molecule has 1 atom stereocenters. The summed E-state index contributed by atoms with van der Waals surface area (Å²) >= 11 is 0. The predicted octanol–water partition coefficient (Wildman–Crippen LogP) is -0.691. The van der Waals surface area contributed by atoms with E-state index in [4.69, 9.17) is 11.5 Å². The van der Waals surface area contributed by atoms with Crippen molar-refractivity contribution in [1.29, 1.82) is 0 Å². The fourth-order valence-corrected chi connectivity index (χ4v) is 0. The van der Waals surface area contributed by atoms with Crippen LogP contribution in [-0.4, -0.2) is 25.8 Å². The van der Waals surface area contributed by atoms with E-state index in [1.54, 1.807) is 0 Å². The molecule has 0 aromatic rings. The van der Waals surface area contributed by atoms with Gasteiger partial charge in [0.2, 0.25) is 0 Å². The van der Waals surface area contributed by atoms with E-state index in [-0.39, 0.29) is 6.04 Å². The normalized spacial score (nSPS) is 18.4. The van der Waals surface area contributed by atoms with Crippen LogP contribution < -0.4 is 11.5 Å². The van der Waals surface area contributed by atoms with Crippen LogP contribution in [0.25, 0.3) is 0 Å². The molecule has 1 heterocycles. The molecule has 8 heavy (non-hydrogen) atoms. The summed E-state index contributed by atoms with van der Waals surface area (Å²) in [6, 6.07) is 0.162. The third-order valence-electron chi connectivity index (χ3n) is 0.576. The van der Waals surface area contributed by atoms with Gasteiger partial charge in [0.05, 0.1) is 13.2 Å². The summed E-state index contributed by atoms with van der Waals surface area (Å²) in [5, 5.41) is 0. The van der Waals surface area contributed by atoms with Crippen LogP contribution in [0.1, 0.15) is 6.92 Å². The van der Waals surface area contributed by atoms with Gasteiger partial charge in [-0.2, -0.15) is 0 Å². The van der Waals surface area contributed by atoms with E-state index in [1.165, 1.54) is 0 Å². The molecule has 0 amide bonds. The minimum absolute atomic E-state index is 0.162. The number of epoxide rings is 1. The van der Waals surface area contributed by atoms with Gasteiger partial charge >= 0.3 is 0 Å². The zero-order valence-corrected chi connectivity index (χ0v) is 5.26. The molecule has 1 fully saturated rings. The van der Waals surface area contributed by atoms with Gasteiger partial charge in [0.15, 0.2) is 0 Å². The molecule has 1 aliphatic rings. The SMILES string of the molecule is C1CO1.CC(N)CN. The quantitative estimate of drug-likeness (QED) is 0.448. The fourth-order valence-electron chi connectivity index (χ4n) is 0. The molecule has 0 spiro atoms. The van der Waals surface area contributed by atoms with Crippen LogP contribution in [0.15, 0.2) is 0 Å². The van der Waals surface area contributed by atoms with Gasteiger partial charge < -0.3 is 16.2 Å². The monoisotopic (exact) mass is 118 g/mol. The van der Waals surface area contributed by atoms with Crippen molar-refractivity contribution in [3.05, 3.63) is 0 Å². The van der Waals surface area contributed by atoms with Crippen LogP contribution in [0.3, 0.4) is 0 Å². The molecule has 4 N–H and O–H groups in total. The second-order valence-corrected chi connectivity index (χ2v) is 1.83. The third kappa shape index (κ3) is 16.9. The van der Waals surface area contributed by atoms with Crippen molar-refractivity contribution in [3.63, 3.8) is 0 Å². The lowest BCUT2D eigenvalue weighted by Crippen LogP contribution is -2.25. The van der Waals surface area contributed by atoms with Crippen molar-refractivity contribution < 1.29 is 4.74 Å². The summed E-state index contributed by atoms with van der Waals surface area (Å²) in [5.41, 5.74) is 10.2. The minimum atomic E-state index is 0.162. The Morgan fingerprint density at radius 1 is 1.62 bits per heavy atom. The standard InChI is InChI=1S/C3H10N2.C2H4O/c1-3(5)2-4;1-2-3-1/h3H,2,4-5H2,1H3;1-2H2. The fraction of sp³-hybridized carbons (Fsp3) is 1.00. The first-order valence-electron chi connectivity index (χ1n) is 2.80. The topological polar surface area (TPSA) is 64.6 Å². The highest BCUT2D eigenvalue weighted by Crippen LogP contribution is 1.84. The smallest absolute Gasteiger partial charge is 0.0701 e. The molecule has 1 saturated heterocycles. The highest BCUT2D eigenvalue weighted by atomic mass is 16.6. The number of nitrogens with two attached hydrogens (primary N) is 2. The summed E-state index contributed by atoms with van der Waals surface area (Å²) in [7, 11) is 0. The van der Waals surface area contributed by atoms with Gasteiger partial charge in [-0.05, 0) is 6.92 Å². The lowest BCUT2D eigenvalue weighted by molar-refractivity contribution is 0.475. The number of hydrogen-bond donors (Lipinski definition) is 2.